The second-order valence-corrected chi connectivity index (χ2v) is 8.37. The zero-order valence-electron chi connectivity index (χ0n) is 18.8. The Balaban J connectivity index is 1.53. The van der Waals surface area contributed by atoms with Gasteiger partial charge in [-0.25, -0.2) is 0 Å². The minimum absolute atomic E-state index is 0.0978. The Labute approximate surface area is 199 Å². The summed E-state index contributed by atoms with van der Waals surface area (Å²) in [4.78, 5) is 0. The largest absolute Gasteiger partial charge is 0.505 e. The summed E-state index contributed by atoms with van der Waals surface area (Å²) < 4.78 is 17.4. The van der Waals surface area contributed by atoms with E-state index in [1.54, 1.807) is 14.2 Å². The van der Waals surface area contributed by atoms with Crippen LogP contribution in [-0.4, -0.2) is 25.4 Å². The number of allylic oxidation sites excluding steroid dienone is 1. The molecule has 1 aliphatic rings. The molecule has 1 atom stereocenters. The highest BCUT2D eigenvalue weighted by molar-refractivity contribution is 6.30. The van der Waals surface area contributed by atoms with E-state index in [1.165, 1.54) is 0 Å². The van der Waals surface area contributed by atoms with Crippen LogP contribution in [-0.2, 0) is 17.6 Å². The first kappa shape index (κ1) is 22.8. The molecule has 1 unspecified atom stereocenters. The highest BCUT2D eigenvalue weighted by Gasteiger charge is 2.32. The lowest BCUT2D eigenvalue weighted by molar-refractivity contribution is 0.145. The van der Waals surface area contributed by atoms with Gasteiger partial charge in [-0.05, 0) is 65.8 Å². The molecular weight excluding hydrogens is 436 g/mol. The smallest absolute Gasteiger partial charge is 0.176 e. The number of ether oxygens (including phenoxy) is 3. The SMILES string of the molecule is C=CCc1cc(OC)c2c(c1)C(OC)=C(O)C(CCc1ccc(-c3ccc(Cl)cc3)cc1)O2. The number of fused-ring (bicyclic) bond motifs is 1. The van der Waals surface area contributed by atoms with E-state index in [-0.39, 0.29) is 5.76 Å². The molecule has 33 heavy (non-hydrogen) atoms. The maximum atomic E-state index is 10.9. The van der Waals surface area contributed by atoms with Crippen molar-refractivity contribution in [3.8, 4) is 22.6 Å². The standard InChI is InChI=1S/C28H27ClO4/c1-4-5-19-16-23-27(25(17-19)31-2)33-24(26(30)28(23)32-3)15-8-18-6-9-20(10-7-18)21-11-13-22(29)14-12-21/h4,6-7,9-14,16-17,24,30H,1,5,8,15H2,2-3H3. The van der Waals surface area contributed by atoms with E-state index in [2.05, 4.69) is 30.8 Å². The molecule has 3 aromatic carbocycles. The van der Waals surface area contributed by atoms with Gasteiger partial charge in [0.1, 0.15) is 0 Å². The summed E-state index contributed by atoms with van der Waals surface area (Å²) in [5.74, 6) is 1.72. The van der Waals surface area contributed by atoms with Crippen LogP contribution in [0.3, 0.4) is 0 Å². The molecule has 0 spiro atoms. The third kappa shape index (κ3) is 4.86. The van der Waals surface area contributed by atoms with Gasteiger partial charge < -0.3 is 19.3 Å². The number of aliphatic hydroxyl groups is 1. The van der Waals surface area contributed by atoms with Crippen molar-refractivity contribution in [2.75, 3.05) is 14.2 Å². The topological polar surface area (TPSA) is 47.9 Å². The van der Waals surface area contributed by atoms with Gasteiger partial charge in [-0.3, -0.25) is 0 Å². The molecule has 0 aromatic heterocycles. The van der Waals surface area contributed by atoms with E-state index in [0.29, 0.717) is 35.7 Å². The predicted octanol–water partition coefficient (Wildman–Crippen LogP) is 7.01. The maximum Gasteiger partial charge on any atom is 0.176 e. The van der Waals surface area contributed by atoms with E-state index in [1.807, 2.05) is 42.5 Å². The summed E-state index contributed by atoms with van der Waals surface area (Å²) in [6.45, 7) is 3.80. The minimum atomic E-state index is -0.525. The van der Waals surface area contributed by atoms with Gasteiger partial charge in [-0.1, -0.05) is 54.1 Å². The Morgan fingerprint density at radius 2 is 1.64 bits per heavy atom. The van der Waals surface area contributed by atoms with E-state index < -0.39 is 6.10 Å². The van der Waals surface area contributed by atoms with Crippen LogP contribution < -0.4 is 9.47 Å². The van der Waals surface area contributed by atoms with Crippen LogP contribution in [0.25, 0.3) is 16.9 Å². The Bertz CT molecular complexity index is 1160. The fraction of sp³-hybridized carbons (Fsp3) is 0.214. The molecular formula is C28H27ClO4. The number of aryl methyl sites for hydroxylation is 1. The summed E-state index contributed by atoms with van der Waals surface area (Å²) in [6, 6.07) is 20.1. The number of hydrogen-bond acceptors (Lipinski definition) is 4. The Morgan fingerprint density at radius 1 is 0.970 bits per heavy atom. The molecule has 1 N–H and O–H groups in total. The summed E-state index contributed by atoms with van der Waals surface area (Å²) in [6.07, 6.45) is 3.30. The number of rotatable bonds is 8. The first-order valence-corrected chi connectivity index (χ1v) is 11.2. The lowest BCUT2D eigenvalue weighted by atomic mass is 9.97. The van der Waals surface area contributed by atoms with Crippen molar-refractivity contribution in [2.24, 2.45) is 0 Å². The molecule has 4 rings (SSSR count). The molecule has 0 radical (unpaired) electrons. The molecule has 0 fully saturated rings. The van der Waals surface area contributed by atoms with Crippen LogP contribution >= 0.6 is 11.6 Å². The molecule has 0 saturated carbocycles. The minimum Gasteiger partial charge on any atom is -0.505 e. The van der Waals surface area contributed by atoms with Crippen molar-refractivity contribution in [1.29, 1.82) is 0 Å². The molecule has 0 bridgehead atoms. The van der Waals surface area contributed by atoms with Gasteiger partial charge in [0, 0.05) is 5.02 Å². The molecule has 1 aliphatic heterocycles. The Morgan fingerprint density at radius 3 is 2.24 bits per heavy atom. The van der Waals surface area contributed by atoms with Crippen LogP contribution in [0.15, 0.2) is 79.1 Å². The van der Waals surface area contributed by atoms with E-state index in [0.717, 1.165) is 33.7 Å². The van der Waals surface area contributed by atoms with E-state index in [4.69, 9.17) is 25.8 Å². The summed E-state index contributed by atoms with van der Waals surface area (Å²) >= 11 is 5.99. The van der Waals surface area contributed by atoms with Gasteiger partial charge in [-0.2, -0.15) is 0 Å². The highest BCUT2D eigenvalue weighted by Crippen LogP contribution is 2.43. The van der Waals surface area contributed by atoms with Crippen LogP contribution in [0.5, 0.6) is 11.5 Å². The predicted molar refractivity (Wildman–Crippen MR) is 133 cm³/mol. The summed E-state index contributed by atoms with van der Waals surface area (Å²) in [7, 11) is 3.17. The van der Waals surface area contributed by atoms with Gasteiger partial charge in [0.05, 0.1) is 19.8 Å². The van der Waals surface area contributed by atoms with Gasteiger partial charge in [0.15, 0.2) is 29.1 Å². The van der Waals surface area contributed by atoms with Crippen molar-refractivity contribution in [3.05, 3.63) is 101 Å². The monoisotopic (exact) mass is 462 g/mol. The lowest BCUT2D eigenvalue weighted by Gasteiger charge is -2.29. The van der Waals surface area contributed by atoms with Gasteiger partial charge in [-0.15, -0.1) is 6.58 Å². The molecule has 170 valence electrons. The summed E-state index contributed by atoms with van der Waals surface area (Å²) in [5, 5.41) is 11.6. The quantitative estimate of drug-likeness (QED) is 0.366. The third-order valence-electron chi connectivity index (χ3n) is 5.79. The Hall–Kier alpha value is -3.37. The van der Waals surface area contributed by atoms with Crippen molar-refractivity contribution in [3.63, 3.8) is 0 Å². The van der Waals surface area contributed by atoms with Crippen molar-refractivity contribution < 1.29 is 19.3 Å². The van der Waals surface area contributed by atoms with Crippen LogP contribution in [0.1, 0.15) is 23.1 Å². The van der Waals surface area contributed by atoms with E-state index >= 15 is 0 Å². The van der Waals surface area contributed by atoms with Gasteiger partial charge in [0.25, 0.3) is 0 Å². The molecule has 5 heteroatoms. The first-order valence-electron chi connectivity index (χ1n) is 10.8. The fourth-order valence-electron chi connectivity index (χ4n) is 4.08. The molecule has 0 saturated heterocycles. The Kier molecular flexibility index (Phi) is 6.95. The van der Waals surface area contributed by atoms with Gasteiger partial charge in [0.2, 0.25) is 0 Å². The number of hydrogen-bond donors (Lipinski definition) is 1. The number of halogens is 1. The number of aliphatic hydroxyl groups excluding tert-OH is 1. The first-order chi connectivity index (χ1) is 16.0. The van der Waals surface area contributed by atoms with Crippen molar-refractivity contribution in [1.82, 2.24) is 0 Å². The molecule has 4 nitrogen and oxygen atoms in total. The third-order valence-corrected chi connectivity index (χ3v) is 6.04. The summed E-state index contributed by atoms with van der Waals surface area (Å²) in [5.41, 5.74) is 5.09. The van der Waals surface area contributed by atoms with Crippen molar-refractivity contribution in [2.45, 2.75) is 25.4 Å². The maximum absolute atomic E-state index is 10.9. The average Bonchev–Trinajstić information content (AvgIpc) is 2.83. The normalized spacial score (nSPS) is 14.9. The molecule has 0 amide bonds. The second-order valence-electron chi connectivity index (χ2n) is 7.94. The number of methoxy groups -OCH3 is 2. The molecule has 3 aromatic rings. The fourth-order valence-corrected chi connectivity index (χ4v) is 4.21. The van der Waals surface area contributed by atoms with Crippen molar-refractivity contribution >= 4 is 17.4 Å². The zero-order valence-corrected chi connectivity index (χ0v) is 19.6. The lowest BCUT2D eigenvalue weighted by Crippen LogP contribution is -2.26. The number of benzene rings is 3. The van der Waals surface area contributed by atoms with Crippen LogP contribution in [0.2, 0.25) is 5.02 Å². The molecule has 1 heterocycles. The second kappa shape index (κ2) is 10.1. The molecule has 0 aliphatic carbocycles. The van der Waals surface area contributed by atoms with Crippen LogP contribution in [0.4, 0.5) is 0 Å². The van der Waals surface area contributed by atoms with E-state index in [9.17, 15) is 5.11 Å². The average molecular weight is 463 g/mol. The van der Waals surface area contributed by atoms with Crippen LogP contribution in [0, 0.1) is 0 Å². The zero-order chi connectivity index (χ0) is 23.4. The highest BCUT2D eigenvalue weighted by atomic mass is 35.5. The van der Waals surface area contributed by atoms with Gasteiger partial charge >= 0.3 is 0 Å².